The average Bonchev–Trinajstić information content (AvgIpc) is 2.46. The van der Waals surface area contributed by atoms with Gasteiger partial charge in [-0.3, -0.25) is 0 Å². The molecule has 0 radical (unpaired) electrons. The minimum atomic E-state index is 0.223. The van der Waals surface area contributed by atoms with Crippen LogP contribution in [0.25, 0.3) is 0 Å². The first-order valence-electron chi connectivity index (χ1n) is 3.93. The fourth-order valence-corrected chi connectivity index (χ4v) is 2.75. The molecule has 1 heterocycles. The summed E-state index contributed by atoms with van der Waals surface area (Å²) < 4.78 is 1.12. The molecule has 0 bridgehead atoms. The molecule has 0 aliphatic rings. The van der Waals surface area contributed by atoms with Gasteiger partial charge in [-0.1, -0.05) is 0 Å². The van der Waals surface area contributed by atoms with Gasteiger partial charge in [0.15, 0.2) is 0 Å². The zero-order valence-corrected chi connectivity index (χ0v) is 10.0. The van der Waals surface area contributed by atoms with Crippen LogP contribution >= 0.6 is 27.3 Å². The predicted molar refractivity (Wildman–Crippen MR) is 58.7 cm³/mol. The number of nitriles is 1. The Labute approximate surface area is 90.9 Å². The second kappa shape index (κ2) is 4.75. The molecule has 0 saturated carbocycles. The van der Waals surface area contributed by atoms with Gasteiger partial charge in [-0.05, 0) is 42.2 Å². The Morgan fingerprint density at radius 2 is 2.31 bits per heavy atom. The summed E-state index contributed by atoms with van der Waals surface area (Å²) in [6, 6.07) is 6.52. The third-order valence-electron chi connectivity index (χ3n) is 1.83. The first-order valence-corrected chi connectivity index (χ1v) is 5.54. The van der Waals surface area contributed by atoms with Crippen LogP contribution < -0.4 is 0 Å². The standard InChI is InChI=1S/C9H11BrN2S/c1-12(2)7(5-6-11)8-3-4-9(10)13-8/h3-4,7H,5H2,1-2H3. The molecule has 0 saturated heterocycles. The van der Waals surface area contributed by atoms with Crippen molar-refractivity contribution in [2.45, 2.75) is 12.5 Å². The van der Waals surface area contributed by atoms with E-state index >= 15 is 0 Å². The van der Waals surface area contributed by atoms with E-state index < -0.39 is 0 Å². The summed E-state index contributed by atoms with van der Waals surface area (Å²) >= 11 is 5.11. The maximum Gasteiger partial charge on any atom is 0.0701 e. The Hall–Kier alpha value is -0.370. The van der Waals surface area contributed by atoms with Crippen LogP contribution in [0.5, 0.6) is 0 Å². The van der Waals surface area contributed by atoms with Crippen molar-refractivity contribution in [2.75, 3.05) is 14.1 Å². The fourth-order valence-electron chi connectivity index (χ4n) is 1.13. The number of hydrogen-bond donors (Lipinski definition) is 0. The smallest absolute Gasteiger partial charge is 0.0701 e. The summed E-state index contributed by atoms with van der Waals surface area (Å²) in [5, 5.41) is 8.67. The van der Waals surface area contributed by atoms with E-state index in [1.807, 2.05) is 20.2 Å². The van der Waals surface area contributed by atoms with Crippen molar-refractivity contribution >= 4 is 27.3 Å². The van der Waals surface area contributed by atoms with Gasteiger partial charge >= 0.3 is 0 Å². The van der Waals surface area contributed by atoms with Gasteiger partial charge in [-0.2, -0.15) is 5.26 Å². The molecule has 4 heteroatoms. The van der Waals surface area contributed by atoms with E-state index in [9.17, 15) is 0 Å². The van der Waals surface area contributed by atoms with E-state index in [-0.39, 0.29) is 6.04 Å². The average molecular weight is 259 g/mol. The van der Waals surface area contributed by atoms with E-state index in [2.05, 4.69) is 33.0 Å². The van der Waals surface area contributed by atoms with Crippen LogP contribution in [0, 0.1) is 11.3 Å². The largest absolute Gasteiger partial charge is 0.301 e. The topological polar surface area (TPSA) is 27.0 Å². The molecular weight excluding hydrogens is 248 g/mol. The van der Waals surface area contributed by atoms with Gasteiger partial charge in [0.25, 0.3) is 0 Å². The van der Waals surface area contributed by atoms with Gasteiger partial charge in [-0.15, -0.1) is 11.3 Å². The van der Waals surface area contributed by atoms with Crippen LogP contribution in [0.3, 0.4) is 0 Å². The SMILES string of the molecule is CN(C)C(CC#N)c1ccc(Br)s1. The highest BCUT2D eigenvalue weighted by atomic mass is 79.9. The van der Waals surface area contributed by atoms with E-state index in [1.54, 1.807) is 11.3 Å². The molecule has 13 heavy (non-hydrogen) atoms. The highest BCUT2D eigenvalue weighted by molar-refractivity contribution is 9.11. The molecule has 2 nitrogen and oxygen atoms in total. The summed E-state index contributed by atoms with van der Waals surface area (Å²) in [6.07, 6.45) is 0.542. The molecule has 0 amide bonds. The Bertz CT molecular complexity index is 314. The molecule has 0 aliphatic carbocycles. The predicted octanol–water partition coefficient (Wildman–Crippen LogP) is 3.03. The molecule has 0 N–H and O–H groups in total. The number of rotatable bonds is 3. The number of hydrogen-bond acceptors (Lipinski definition) is 3. The van der Waals surface area contributed by atoms with E-state index in [0.29, 0.717) is 6.42 Å². The molecule has 0 fully saturated rings. The lowest BCUT2D eigenvalue weighted by atomic mass is 10.2. The lowest BCUT2D eigenvalue weighted by Crippen LogP contribution is -2.18. The van der Waals surface area contributed by atoms with Gasteiger partial charge in [0, 0.05) is 4.88 Å². The van der Waals surface area contributed by atoms with Crippen molar-refractivity contribution in [1.82, 2.24) is 4.90 Å². The quantitative estimate of drug-likeness (QED) is 0.834. The van der Waals surface area contributed by atoms with Crippen LogP contribution in [0.2, 0.25) is 0 Å². The number of nitrogens with zero attached hydrogens (tertiary/aromatic N) is 2. The van der Waals surface area contributed by atoms with Crippen LogP contribution in [0.15, 0.2) is 15.9 Å². The third-order valence-corrected chi connectivity index (χ3v) is 3.56. The van der Waals surface area contributed by atoms with Crippen molar-refractivity contribution in [3.05, 3.63) is 20.8 Å². The summed E-state index contributed by atoms with van der Waals surface area (Å²) in [5.74, 6) is 0. The summed E-state index contributed by atoms with van der Waals surface area (Å²) in [5.41, 5.74) is 0. The Morgan fingerprint density at radius 3 is 2.69 bits per heavy atom. The number of thiophene rings is 1. The second-order valence-corrected chi connectivity index (χ2v) is 5.48. The summed E-state index contributed by atoms with van der Waals surface area (Å²) in [7, 11) is 3.99. The van der Waals surface area contributed by atoms with Gasteiger partial charge in [0.1, 0.15) is 0 Å². The zero-order valence-electron chi connectivity index (χ0n) is 7.62. The molecule has 1 rings (SSSR count). The van der Waals surface area contributed by atoms with Crippen LogP contribution in [-0.4, -0.2) is 19.0 Å². The maximum absolute atomic E-state index is 8.67. The van der Waals surface area contributed by atoms with Crippen molar-refractivity contribution in [3.63, 3.8) is 0 Å². The minimum Gasteiger partial charge on any atom is -0.301 e. The van der Waals surface area contributed by atoms with Crippen molar-refractivity contribution in [1.29, 1.82) is 5.26 Å². The van der Waals surface area contributed by atoms with Crippen LogP contribution in [0.1, 0.15) is 17.3 Å². The minimum absolute atomic E-state index is 0.223. The lowest BCUT2D eigenvalue weighted by molar-refractivity contribution is 0.308. The van der Waals surface area contributed by atoms with E-state index in [1.165, 1.54) is 4.88 Å². The summed E-state index contributed by atoms with van der Waals surface area (Å²) in [4.78, 5) is 3.31. The monoisotopic (exact) mass is 258 g/mol. The fraction of sp³-hybridized carbons (Fsp3) is 0.444. The Morgan fingerprint density at radius 1 is 1.62 bits per heavy atom. The molecule has 0 aromatic carbocycles. The Kier molecular flexibility index (Phi) is 3.91. The summed E-state index contributed by atoms with van der Waals surface area (Å²) in [6.45, 7) is 0. The van der Waals surface area contributed by atoms with Crippen molar-refractivity contribution in [2.24, 2.45) is 0 Å². The molecular formula is C9H11BrN2S. The molecule has 1 unspecified atom stereocenters. The van der Waals surface area contributed by atoms with Crippen molar-refractivity contribution < 1.29 is 0 Å². The first kappa shape index (κ1) is 10.7. The second-order valence-electron chi connectivity index (χ2n) is 2.98. The van der Waals surface area contributed by atoms with Gasteiger partial charge in [0.05, 0.1) is 22.3 Å². The molecule has 0 aliphatic heterocycles. The van der Waals surface area contributed by atoms with E-state index in [4.69, 9.17) is 5.26 Å². The van der Waals surface area contributed by atoms with Gasteiger partial charge in [0.2, 0.25) is 0 Å². The zero-order chi connectivity index (χ0) is 9.84. The number of halogens is 1. The van der Waals surface area contributed by atoms with Crippen LogP contribution in [0.4, 0.5) is 0 Å². The maximum atomic E-state index is 8.67. The van der Waals surface area contributed by atoms with Gasteiger partial charge in [-0.25, -0.2) is 0 Å². The molecule has 1 aromatic rings. The molecule has 70 valence electrons. The van der Waals surface area contributed by atoms with Crippen LogP contribution in [-0.2, 0) is 0 Å². The third kappa shape index (κ3) is 2.80. The Balaban J connectivity index is 2.83. The van der Waals surface area contributed by atoms with Gasteiger partial charge < -0.3 is 4.90 Å². The van der Waals surface area contributed by atoms with E-state index in [0.717, 1.165) is 3.79 Å². The lowest BCUT2D eigenvalue weighted by Gasteiger charge is -2.19. The molecule has 0 spiro atoms. The normalized spacial score (nSPS) is 12.8. The highest BCUT2D eigenvalue weighted by Gasteiger charge is 2.15. The van der Waals surface area contributed by atoms with Crippen molar-refractivity contribution in [3.8, 4) is 6.07 Å². The highest BCUT2D eigenvalue weighted by Crippen LogP contribution is 2.31. The first-order chi connectivity index (χ1) is 6.15. The molecule has 1 aromatic heterocycles. The molecule has 1 atom stereocenters.